The normalized spacial score (nSPS) is 9.52. The van der Waals surface area contributed by atoms with Crippen molar-refractivity contribution < 1.29 is 4.21 Å². The van der Waals surface area contributed by atoms with Gasteiger partial charge in [0.15, 0.2) is 0 Å². The average molecular weight is 765 g/mol. The lowest BCUT2D eigenvalue weighted by Crippen LogP contribution is -1.99. The minimum atomic E-state index is -1.09. The van der Waals surface area contributed by atoms with Gasteiger partial charge in [-0.25, -0.2) is 4.98 Å². The molecule has 1 unspecified atom stereocenters. The Kier molecular flexibility index (Phi) is 19.2. The summed E-state index contributed by atoms with van der Waals surface area (Å²) >= 11 is 9.79. The number of halogens is 2. The van der Waals surface area contributed by atoms with Gasteiger partial charge in [0.25, 0.3) is 0 Å². The van der Waals surface area contributed by atoms with Crippen LogP contribution in [0.2, 0.25) is 0 Å². The first-order valence-electron chi connectivity index (χ1n) is 12.9. The van der Waals surface area contributed by atoms with E-state index in [4.69, 9.17) is 10.7 Å². The molecule has 0 radical (unpaired) electrons. The van der Waals surface area contributed by atoms with Crippen molar-refractivity contribution >= 4 is 81.2 Å². The predicted molar refractivity (Wildman–Crippen MR) is 202 cm³/mol. The standard InChI is InChI=1S/C21H19BrN2OS3.C8H5Br.C5H4.C2H4/c1-2-3-11-28(25)21-19(23)18-15(13-6-8-14(22)9-7-13)12-16(24-20(18)27-21)17-5-4-10-26-17;1-3-5-7-8(9)6-4-2;1-3-5-4-2;1-2/h4-10,12H,2-3,11,23H2,1H3;6H,1-2H2;1-2H2;1-2H2. The zero-order valence-corrected chi connectivity index (χ0v) is 30.1. The molecule has 0 aliphatic heterocycles. The second-order valence-electron chi connectivity index (χ2n) is 8.03. The van der Waals surface area contributed by atoms with Crippen LogP contribution in [0.3, 0.4) is 0 Å². The molecule has 0 aliphatic rings. The first-order valence-corrected chi connectivity index (χ1v) is 17.5. The lowest BCUT2D eigenvalue weighted by atomic mass is 10.0. The second-order valence-corrected chi connectivity index (χ2v) is 13.5. The van der Waals surface area contributed by atoms with Crippen molar-refractivity contribution in [2.24, 2.45) is 0 Å². The first-order chi connectivity index (χ1) is 21.3. The number of thiophene rings is 2. The predicted octanol–water partition coefficient (Wildman–Crippen LogP) is 11.7. The third-order valence-corrected chi connectivity index (χ3v) is 10.0. The third kappa shape index (κ3) is 12.2. The molecule has 0 spiro atoms. The highest BCUT2D eigenvalue weighted by molar-refractivity contribution is 9.11. The largest absolute Gasteiger partial charge is 0.396 e. The summed E-state index contributed by atoms with van der Waals surface area (Å²) in [5.41, 5.74) is 27.5. The van der Waals surface area contributed by atoms with E-state index in [-0.39, 0.29) is 0 Å². The van der Waals surface area contributed by atoms with Gasteiger partial charge in [-0.15, -0.1) is 41.6 Å². The van der Waals surface area contributed by atoms with E-state index in [9.17, 15) is 4.21 Å². The van der Waals surface area contributed by atoms with Crippen molar-refractivity contribution in [3.63, 3.8) is 0 Å². The fraction of sp³-hybridized carbons (Fsp3) is 0.111. The number of unbranched alkanes of at least 4 members (excludes halogenated alkanes) is 1. The molecule has 0 fully saturated rings. The van der Waals surface area contributed by atoms with E-state index in [0.717, 1.165) is 57.9 Å². The number of anilines is 1. The summed E-state index contributed by atoms with van der Waals surface area (Å²) < 4.78 is 15.3. The van der Waals surface area contributed by atoms with Gasteiger partial charge >= 0.3 is 0 Å². The summed E-state index contributed by atoms with van der Waals surface area (Å²) in [6.07, 6.45) is 3.57. The third-order valence-electron chi connectivity index (χ3n) is 5.16. The maximum atomic E-state index is 12.8. The molecule has 4 aromatic rings. The van der Waals surface area contributed by atoms with Crippen molar-refractivity contribution in [2.45, 2.75) is 24.0 Å². The van der Waals surface area contributed by atoms with Crippen molar-refractivity contribution in [2.75, 3.05) is 11.5 Å². The summed E-state index contributed by atoms with van der Waals surface area (Å²) in [4.78, 5) is 6.83. The van der Waals surface area contributed by atoms with E-state index < -0.39 is 10.8 Å². The number of nitrogen functional groups attached to an aromatic ring is 1. The highest BCUT2D eigenvalue weighted by Gasteiger charge is 2.21. The zero-order valence-electron chi connectivity index (χ0n) is 24.5. The van der Waals surface area contributed by atoms with Gasteiger partial charge in [0.2, 0.25) is 0 Å². The fourth-order valence-corrected chi connectivity index (χ4v) is 7.34. The van der Waals surface area contributed by atoms with E-state index in [2.05, 4.69) is 148 Å². The summed E-state index contributed by atoms with van der Waals surface area (Å²) in [5.74, 6) is 0.638. The number of hydrogen-bond donors (Lipinski definition) is 1. The zero-order chi connectivity index (χ0) is 32.9. The second kappa shape index (κ2) is 22.0. The van der Waals surface area contributed by atoms with Crippen LogP contribution in [0.25, 0.3) is 31.9 Å². The molecule has 3 nitrogen and oxygen atoms in total. The van der Waals surface area contributed by atoms with Crippen LogP contribution in [0.15, 0.2) is 147 Å². The van der Waals surface area contributed by atoms with Gasteiger partial charge in [-0.2, -0.15) is 0 Å². The monoisotopic (exact) mass is 762 g/mol. The van der Waals surface area contributed by atoms with Gasteiger partial charge in [-0.3, -0.25) is 4.21 Å². The molecule has 0 amide bonds. The lowest BCUT2D eigenvalue weighted by molar-refractivity contribution is 0.681. The number of hydrogen-bond acceptors (Lipinski definition) is 5. The molecular formula is C36H32Br2N2OS3. The molecular weight excluding hydrogens is 732 g/mol. The van der Waals surface area contributed by atoms with E-state index in [0.29, 0.717) is 11.4 Å². The van der Waals surface area contributed by atoms with Crippen molar-refractivity contribution in [3.05, 3.63) is 142 Å². The number of pyridine rings is 1. The van der Waals surface area contributed by atoms with Crippen LogP contribution in [0.4, 0.5) is 5.69 Å². The number of nitrogens with two attached hydrogens (primary N) is 1. The van der Waals surface area contributed by atoms with E-state index in [1.54, 1.807) is 17.4 Å². The minimum absolute atomic E-state index is 0.609. The van der Waals surface area contributed by atoms with Crippen LogP contribution < -0.4 is 5.73 Å². The molecule has 0 saturated heterocycles. The van der Waals surface area contributed by atoms with Gasteiger partial charge in [-0.1, -0.05) is 71.2 Å². The number of aromatic nitrogens is 1. The summed E-state index contributed by atoms with van der Waals surface area (Å²) in [6, 6.07) is 14.4. The van der Waals surface area contributed by atoms with Crippen LogP contribution in [-0.2, 0) is 10.8 Å². The Morgan fingerprint density at radius 2 is 1.73 bits per heavy atom. The SMILES string of the molecule is C=C.C=C=C=C=C.C=C=C=C=C(Br)C=C=C.CCCCS(=O)c1sc2nc(-c3cccs3)cc(-c3ccc(Br)cc3)c2c1N. The van der Waals surface area contributed by atoms with Crippen molar-refractivity contribution in [1.29, 1.82) is 0 Å². The lowest BCUT2D eigenvalue weighted by Gasteiger charge is -2.08. The molecule has 2 N–H and O–H groups in total. The topological polar surface area (TPSA) is 56.0 Å². The Hall–Kier alpha value is -3.64. The fourth-order valence-electron chi connectivity index (χ4n) is 3.34. The number of fused-ring (bicyclic) bond motifs is 1. The number of benzene rings is 1. The maximum absolute atomic E-state index is 12.8. The molecule has 0 saturated carbocycles. The Bertz CT molecular complexity index is 1830. The Morgan fingerprint density at radius 3 is 2.25 bits per heavy atom. The summed E-state index contributed by atoms with van der Waals surface area (Å²) in [6.45, 7) is 21.2. The average Bonchev–Trinajstić information content (AvgIpc) is 3.70. The van der Waals surface area contributed by atoms with Crippen LogP contribution >= 0.6 is 54.5 Å². The molecule has 0 bridgehead atoms. The van der Waals surface area contributed by atoms with Gasteiger partial charge in [0.05, 0.1) is 31.5 Å². The van der Waals surface area contributed by atoms with Crippen LogP contribution in [0.1, 0.15) is 19.8 Å². The van der Waals surface area contributed by atoms with Crippen molar-refractivity contribution in [1.82, 2.24) is 4.98 Å². The summed E-state index contributed by atoms with van der Waals surface area (Å²) in [5, 5.41) is 2.96. The van der Waals surface area contributed by atoms with Gasteiger partial charge in [0, 0.05) is 21.7 Å². The van der Waals surface area contributed by atoms with Gasteiger partial charge in [-0.05, 0) is 100 Å². The minimum Gasteiger partial charge on any atom is -0.396 e. The van der Waals surface area contributed by atoms with Crippen molar-refractivity contribution in [3.8, 4) is 21.7 Å². The molecule has 3 heterocycles. The summed E-state index contributed by atoms with van der Waals surface area (Å²) in [7, 11) is -1.09. The van der Waals surface area contributed by atoms with Gasteiger partial charge < -0.3 is 5.73 Å². The van der Waals surface area contributed by atoms with Crippen LogP contribution in [-0.4, -0.2) is 14.9 Å². The van der Waals surface area contributed by atoms with Crippen LogP contribution in [0.5, 0.6) is 0 Å². The molecule has 4 rings (SSSR count). The molecule has 8 heteroatoms. The molecule has 224 valence electrons. The number of rotatable bonds is 7. The van der Waals surface area contributed by atoms with E-state index in [1.165, 1.54) is 11.3 Å². The van der Waals surface area contributed by atoms with E-state index in [1.807, 2.05) is 18.2 Å². The molecule has 1 atom stereocenters. The quantitative estimate of drug-likeness (QED) is 0.116. The Balaban J connectivity index is 0.000000504. The Labute approximate surface area is 288 Å². The molecule has 0 aliphatic carbocycles. The highest BCUT2D eigenvalue weighted by atomic mass is 79.9. The first kappa shape index (κ1) is 38.4. The molecule has 44 heavy (non-hydrogen) atoms. The Morgan fingerprint density at radius 1 is 1.07 bits per heavy atom. The number of nitrogens with zero attached hydrogens (tertiary/aromatic N) is 1. The molecule has 3 aromatic heterocycles. The number of allylic oxidation sites excluding steroid dienone is 2. The van der Waals surface area contributed by atoms with Gasteiger partial charge in [0.1, 0.15) is 9.04 Å². The molecule has 1 aromatic carbocycles. The smallest absolute Gasteiger partial charge is 0.127 e. The van der Waals surface area contributed by atoms with E-state index >= 15 is 0 Å². The maximum Gasteiger partial charge on any atom is 0.127 e. The highest BCUT2D eigenvalue weighted by Crippen LogP contribution is 2.43. The van der Waals surface area contributed by atoms with Crippen LogP contribution in [0, 0.1) is 0 Å².